The Hall–Kier alpha value is -1.13. The molecule has 0 bridgehead atoms. The van der Waals surface area contributed by atoms with Crippen LogP contribution < -0.4 is 5.46 Å². The van der Waals surface area contributed by atoms with Crippen LogP contribution in [-0.2, 0) is 6.54 Å². The standard InChI is InChI=1S/C9H10BNO2/c1-6-9-4-8(10(12)13)3-2-7(9)5-11-6/h2-4,12-13H,5H2,1H3. The van der Waals surface area contributed by atoms with Gasteiger partial charge in [0.15, 0.2) is 0 Å². The lowest BCUT2D eigenvalue weighted by atomic mass is 9.79. The molecule has 1 aromatic rings. The molecule has 2 N–H and O–H groups in total. The molecule has 1 aliphatic heterocycles. The Kier molecular flexibility index (Phi) is 1.94. The van der Waals surface area contributed by atoms with Gasteiger partial charge in [0.2, 0.25) is 0 Å². The van der Waals surface area contributed by atoms with Crippen LogP contribution in [0.3, 0.4) is 0 Å². The summed E-state index contributed by atoms with van der Waals surface area (Å²) >= 11 is 0. The van der Waals surface area contributed by atoms with Crippen molar-refractivity contribution >= 4 is 18.3 Å². The van der Waals surface area contributed by atoms with Crippen molar-refractivity contribution in [2.45, 2.75) is 13.5 Å². The topological polar surface area (TPSA) is 52.8 Å². The highest BCUT2D eigenvalue weighted by Gasteiger charge is 2.16. The molecular formula is C9H10BNO2. The van der Waals surface area contributed by atoms with Gasteiger partial charge in [0, 0.05) is 5.71 Å². The van der Waals surface area contributed by atoms with Crippen molar-refractivity contribution in [3.05, 3.63) is 29.3 Å². The van der Waals surface area contributed by atoms with E-state index in [1.807, 2.05) is 13.0 Å². The maximum absolute atomic E-state index is 8.96. The van der Waals surface area contributed by atoms with E-state index in [-0.39, 0.29) is 0 Å². The lowest BCUT2D eigenvalue weighted by Crippen LogP contribution is -2.30. The van der Waals surface area contributed by atoms with Gasteiger partial charge in [-0.15, -0.1) is 0 Å². The number of benzene rings is 1. The maximum Gasteiger partial charge on any atom is 0.488 e. The predicted molar refractivity (Wildman–Crippen MR) is 52.2 cm³/mol. The van der Waals surface area contributed by atoms with Gasteiger partial charge in [-0.25, -0.2) is 0 Å². The van der Waals surface area contributed by atoms with E-state index in [0.717, 1.165) is 16.8 Å². The van der Waals surface area contributed by atoms with Crippen LogP contribution in [0.5, 0.6) is 0 Å². The van der Waals surface area contributed by atoms with Crippen LogP contribution in [-0.4, -0.2) is 22.9 Å². The molecule has 0 aliphatic carbocycles. The average Bonchev–Trinajstić information content (AvgIpc) is 2.47. The molecule has 0 aromatic heterocycles. The summed E-state index contributed by atoms with van der Waals surface area (Å²) in [5.74, 6) is 0. The molecule has 0 fully saturated rings. The largest absolute Gasteiger partial charge is 0.488 e. The first-order valence-corrected chi connectivity index (χ1v) is 4.19. The molecule has 0 amide bonds. The average molecular weight is 175 g/mol. The van der Waals surface area contributed by atoms with E-state index in [1.54, 1.807) is 12.1 Å². The lowest BCUT2D eigenvalue weighted by molar-refractivity contribution is 0.426. The highest BCUT2D eigenvalue weighted by atomic mass is 16.4. The number of rotatable bonds is 1. The quantitative estimate of drug-likeness (QED) is 0.575. The molecule has 13 heavy (non-hydrogen) atoms. The summed E-state index contributed by atoms with van der Waals surface area (Å²) < 4.78 is 0. The Morgan fingerprint density at radius 1 is 1.38 bits per heavy atom. The second kappa shape index (κ2) is 2.98. The van der Waals surface area contributed by atoms with E-state index in [9.17, 15) is 0 Å². The second-order valence-electron chi connectivity index (χ2n) is 3.19. The smallest absolute Gasteiger partial charge is 0.423 e. The zero-order valence-corrected chi connectivity index (χ0v) is 7.36. The highest BCUT2D eigenvalue weighted by molar-refractivity contribution is 6.58. The fraction of sp³-hybridized carbons (Fsp3) is 0.222. The number of fused-ring (bicyclic) bond motifs is 1. The molecule has 0 atom stereocenters. The third kappa shape index (κ3) is 1.38. The van der Waals surface area contributed by atoms with E-state index >= 15 is 0 Å². The van der Waals surface area contributed by atoms with Crippen molar-refractivity contribution in [3.8, 4) is 0 Å². The van der Waals surface area contributed by atoms with E-state index in [1.165, 1.54) is 0 Å². The first-order valence-electron chi connectivity index (χ1n) is 4.19. The van der Waals surface area contributed by atoms with Gasteiger partial charge in [0.05, 0.1) is 6.54 Å². The fourth-order valence-corrected chi connectivity index (χ4v) is 1.52. The van der Waals surface area contributed by atoms with E-state index in [4.69, 9.17) is 10.0 Å². The molecule has 1 heterocycles. The first kappa shape index (κ1) is 8.47. The van der Waals surface area contributed by atoms with Gasteiger partial charge >= 0.3 is 7.12 Å². The molecule has 0 saturated heterocycles. The van der Waals surface area contributed by atoms with Gasteiger partial charge in [0.25, 0.3) is 0 Å². The SMILES string of the molecule is CC1=NCc2ccc(B(O)O)cc21. The summed E-state index contributed by atoms with van der Waals surface area (Å²) in [6.07, 6.45) is 0. The molecular weight excluding hydrogens is 165 g/mol. The van der Waals surface area contributed by atoms with Gasteiger partial charge in [0.1, 0.15) is 0 Å². The molecule has 4 heteroatoms. The molecule has 66 valence electrons. The second-order valence-corrected chi connectivity index (χ2v) is 3.19. The normalized spacial score (nSPS) is 13.9. The Morgan fingerprint density at radius 2 is 2.15 bits per heavy atom. The van der Waals surface area contributed by atoms with Crippen molar-refractivity contribution in [1.29, 1.82) is 0 Å². The molecule has 2 rings (SSSR count). The predicted octanol–water partition coefficient (Wildman–Crippen LogP) is -0.311. The number of hydrogen-bond acceptors (Lipinski definition) is 3. The Balaban J connectivity index is 2.47. The molecule has 1 aliphatic rings. The molecule has 0 unspecified atom stereocenters. The summed E-state index contributed by atoms with van der Waals surface area (Å²) in [7, 11) is -1.39. The maximum atomic E-state index is 8.96. The zero-order valence-electron chi connectivity index (χ0n) is 7.36. The van der Waals surface area contributed by atoms with Crippen LogP contribution >= 0.6 is 0 Å². The van der Waals surface area contributed by atoms with E-state index in [0.29, 0.717) is 12.0 Å². The van der Waals surface area contributed by atoms with Crippen molar-refractivity contribution in [2.24, 2.45) is 4.99 Å². The highest BCUT2D eigenvalue weighted by Crippen LogP contribution is 2.16. The lowest BCUT2D eigenvalue weighted by Gasteiger charge is -2.03. The van der Waals surface area contributed by atoms with Crippen LogP contribution in [0.25, 0.3) is 0 Å². The molecule has 0 spiro atoms. The van der Waals surface area contributed by atoms with Crippen LogP contribution in [0, 0.1) is 0 Å². The van der Waals surface area contributed by atoms with Crippen LogP contribution in [0.15, 0.2) is 23.2 Å². The van der Waals surface area contributed by atoms with Crippen LogP contribution in [0.2, 0.25) is 0 Å². The van der Waals surface area contributed by atoms with Crippen molar-refractivity contribution < 1.29 is 10.0 Å². The third-order valence-corrected chi connectivity index (χ3v) is 2.31. The summed E-state index contributed by atoms with van der Waals surface area (Å²) in [4.78, 5) is 4.26. The summed E-state index contributed by atoms with van der Waals surface area (Å²) in [6, 6.07) is 5.40. The molecule has 0 radical (unpaired) electrons. The van der Waals surface area contributed by atoms with Gasteiger partial charge in [-0.3, -0.25) is 4.99 Å². The minimum atomic E-state index is -1.39. The zero-order chi connectivity index (χ0) is 9.42. The van der Waals surface area contributed by atoms with Gasteiger partial charge in [-0.1, -0.05) is 18.2 Å². The number of hydrogen-bond donors (Lipinski definition) is 2. The van der Waals surface area contributed by atoms with E-state index in [2.05, 4.69) is 4.99 Å². The Morgan fingerprint density at radius 3 is 2.85 bits per heavy atom. The van der Waals surface area contributed by atoms with Gasteiger partial charge in [-0.2, -0.15) is 0 Å². The first-order chi connectivity index (χ1) is 6.18. The minimum Gasteiger partial charge on any atom is -0.423 e. The molecule has 0 saturated carbocycles. The van der Waals surface area contributed by atoms with Crippen molar-refractivity contribution in [3.63, 3.8) is 0 Å². The van der Waals surface area contributed by atoms with Gasteiger partial charge in [-0.05, 0) is 23.5 Å². The summed E-state index contributed by atoms with van der Waals surface area (Å²) in [5.41, 5.74) is 3.68. The van der Waals surface area contributed by atoms with Crippen LogP contribution in [0.4, 0.5) is 0 Å². The molecule has 3 nitrogen and oxygen atoms in total. The third-order valence-electron chi connectivity index (χ3n) is 2.31. The fourth-order valence-electron chi connectivity index (χ4n) is 1.52. The Labute approximate surface area is 76.9 Å². The number of nitrogens with zero attached hydrogens (tertiary/aromatic N) is 1. The van der Waals surface area contributed by atoms with Crippen molar-refractivity contribution in [2.75, 3.05) is 0 Å². The molecule has 1 aromatic carbocycles. The summed E-state index contributed by atoms with van der Waals surface area (Å²) in [6.45, 7) is 2.64. The van der Waals surface area contributed by atoms with Gasteiger partial charge < -0.3 is 10.0 Å². The van der Waals surface area contributed by atoms with Crippen LogP contribution in [0.1, 0.15) is 18.1 Å². The summed E-state index contributed by atoms with van der Waals surface area (Å²) in [5, 5.41) is 17.9. The number of aliphatic imine (C=N–C) groups is 1. The minimum absolute atomic E-state index is 0.523. The Bertz CT molecular complexity index is 374. The van der Waals surface area contributed by atoms with Crippen molar-refractivity contribution in [1.82, 2.24) is 0 Å². The monoisotopic (exact) mass is 175 g/mol. The van der Waals surface area contributed by atoms with E-state index < -0.39 is 7.12 Å².